The third kappa shape index (κ3) is 2.07. The van der Waals surface area contributed by atoms with Crippen molar-refractivity contribution >= 4 is 17.9 Å². The molecule has 0 fully saturated rings. The monoisotopic (exact) mass is 199 g/mol. The van der Waals surface area contributed by atoms with Gasteiger partial charge in [-0.25, -0.2) is 13.6 Å². The summed E-state index contributed by atoms with van der Waals surface area (Å²) >= 11 is 0. The SMILES string of the molecule is C=Cc1c(F)cc(NC(=O)O)cc1F. The van der Waals surface area contributed by atoms with Gasteiger partial charge in [0, 0.05) is 11.3 Å². The van der Waals surface area contributed by atoms with Gasteiger partial charge >= 0.3 is 6.09 Å². The lowest BCUT2D eigenvalue weighted by atomic mass is 10.2. The molecule has 74 valence electrons. The molecule has 0 aliphatic heterocycles. The van der Waals surface area contributed by atoms with Gasteiger partial charge in [-0.3, -0.25) is 5.32 Å². The van der Waals surface area contributed by atoms with Crippen molar-refractivity contribution in [2.75, 3.05) is 5.32 Å². The summed E-state index contributed by atoms with van der Waals surface area (Å²) in [6.45, 7) is 3.23. The molecule has 0 unspecified atom stereocenters. The van der Waals surface area contributed by atoms with Gasteiger partial charge in [0.1, 0.15) is 11.6 Å². The second kappa shape index (κ2) is 3.87. The molecule has 2 N–H and O–H groups in total. The van der Waals surface area contributed by atoms with E-state index in [-0.39, 0.29) is 11.3 Å². The molecule has 0 atom stereocenters. The zero-order chi connectivity index (χ0) is 10.7. The minimum atomic E-state index is -1.38. The molecule has 0 saturated carbocycles. The highest BCUT2D eigenvalue weighted by molar-refractivity contribution is 5.83. The molecule has 5 heteroatoms. The van der Waals surface area contributed by atoms with E-state index in [1.165, 1.54) is 0 Å². The maximum atomic E-state index is 13.0. The lowest BCUT2D eigenvalue weighted by molar-refractivity contribution is 0.209. The van der Waals surface area contributed by atoms with Gasteiger partial charge < -0.3 is 5.11 Å². The summed E-state index contributed by atoms with van der Waals surface area (Å²) in [6, 6.07) is 1.77. The van der Waals surface area contributed by atoms with E-state index >= 15 is 0 Å². The van der Waals surface area contributed by atoms with E-state index in [2.05, 4.69) is 6.58 Å². The van der Waals surface area contributed by atoms with Gasteiger partial charge in [-0.15, -0.1) is 0 Å². The Balaban J connectivity index is 3.13. The van der Waals surface area contributed by atoms with Crippen LogP contribution >= 0.6 is 0 Å². The zero-order valence-electron chi connectivity index (χ0n) is 7.05. The van der Waals surface area contributed by atoms with E-state index in [1.54, 1.807) is 0 Å². The molecule has 0 aliphatic carbocycles. The average molecular weight is 199 g/mol. The smallest absolute Gasteiger partial charge is 0.409 e. The van der Waals surface area contributed by atoms with Gasteiger partial charge in [0.2, 0.25) is 0 Å². The molecule has 1 amide bonds. The number of rotatable bonds is 2. The predicted molar refractivity (Wildman–Crippen MR) is 48.1 cm³/mol. The van der Waals surface area contributed by atoms with Crippen LogP contribution in [-0.4, -0.2) is 11.2 Å². The Bertz CT molecular complexity index is 367. The number of carbonyl (C=O) groups is 1. The minimum Gasteiger partial charge on any atom is -0.465 e. The second-order valence-corrected chi connectivity index (χ2v) is 2.49. The van der Waals surface area contributed by atoms with Gasteiger partial charge in [-0.1, -0.05) is 12.7 Å². The number of carboxylic acid groups (broad SMARTS) is 1. The maximum absolute atomic E-state index is 13.0. The fourth-order valence-corrected chi connectivity index (χ4v) is 0.975. The number of anilines is 1. The normalized spacial score (nSPS) is 9.57. The molecule has 0 aliphatic rings. The molecule has 0 saturated heterocycles. The molecule has 0 aromatic heterocycles. The Labute approximate surface area is 78.7 Å². The van der Waals surface area contributed by atoms with Crippen LogP contribution in [0, 0.1) is 11.6 Å². The molecule has 0 radical (unpaired) electrons. The van der Waals surface area contributed by atoms with Crippen molar-refractivity contribution < 1.29 is 18.7 Å². The highest BCUT2D eigenvalue weighted by atomic mass is 19.1. The topological polar surface area (TPSA) is 49.3 Å². The van der Waals surface area contributed by atoms with E-state index in [0.717, 1.165) is 18.2 Å². The van der Waals surface area contributed by atoms with Crippen molar-refractivity contribution in [2.45, 2.75) is 0 Å². The van der Waals surface area contributed by atoms with E-state index in [1.807, 2.05) is 5.32 Å². The first kappa shape index (κ1) is 10.2. The van der Waals surface area contributed by atoms with Crippen LogP contribution in [0.1, 0.15) is 5.56 Å². The molecule has 3 nitrogen and oxygen atoms in total. The fourth-order valence-electron chi connectivity index (χ4n) is 0.975. The summed E-state index contributed by atoms with van der Waals surface area (Å²) in [5, 5.41) is 10.1. The summed E-state index contributed by atoms with van der Waals surface area (Å²) in [6.07, 6.45) is -0.356. The van der Waals surface area contributed by atoms with Crippen LogP contribution in [0.15, 0.2) is 18.7 Å². The van der Waals surface area contributed by atoms with Crippen LogP contribution in [0.5, 0.6) is 0 Å². The van der Waals surface area contributed by atoms with Crippen molar-refractivity contribution in [3.63, 3.8) is 0 Å². The molecule has 0 spiro atoms. The van der Waals surface area contributed by atoms with Crippen molar-refractivity contribution in [3.05, 3.63) is 35.9 Å². The summed E-state index contributed by atoms with van der Waals surface area (Å²) in [7, 11) is 0. The van der Waals surface area contributed by atoms with Gasteiger partial charge in [-0.05, 0) is 12.1 Å². The van der Waals surface area contributed by atoms with Crippen molar-refractivity contribution in [3.8, 4) is 0 Å². The predicted octanol–water partition coefficient (Wildman–Crippen LogP) is 2.70. The van der Waals surface area contributed by atoms with Crippen LogP contribution in [-0.2, 0) is 0 Å². The zero-order valence-corrected chi connectivity index (χ0v) is 7.05. The van der Waals surface area contributed by atoms with Crippen LogP contribution in [0.4, 0.5) is 19.3 Å². The third-order valence-corrected chi connectivity index (χ3v) is 1.53. The van der Waals surface area contributed by atoms with E-state index in [4.69, 9.17) is 5.11 Å². The third-order valence-electron chi connectivity index (χ3n) is 1.53. The Kier molecular flexibility index (Phi) is 2.81. The van der Waals surface area contributed by atoms with Gasteiger partial charge in [0.15, 0.2) is 0 Å². The summed E-state index contributed by atoms with van der Waals surface area (Å²) < 4.78 is 26.0. The molecule has 1 aromatic rings. The number of nitrogens with one attached hydrogen (secondary N) is 1. The van der Waals surface area contributed by atoms with Crippen LogP contribution in [0.3, 0.4) is 0 Å². The van der Waals surface area contributed by atoms with E-state index < -0.39 is 17.7 Å². The summed E-state index contributed by atoms with van der Waals surface area (Å²) in [5.74, 6) is -1.72. The highest BCUT2D eigenvalue weighted by Crippen LogP contribution is 2.19. The van der Waals surface area contributed by atoms with Crippen LogP contribution < -0.4 is 5.32 Å². The lowest BCUT2D eigenvalue weighted by Crippen LogP contribution is -2.08. The standard InChI is InChI=1S/C9H7F2NO2/c1-2-6-7(10)3-5(4-8(6)11)12-9(13)14/h2-4,12H,1H2,(H,13,14). The quantitative estimate of drug-likeness (QED) is 0.769. The van der Waals surface area contributed by atoms with Gasteiger partial charge in [0.05, 0.1) is 0 Å². The van der Waals surface area contributed by atoms with Crippen LogP contribution in [0.25, 0.3) is 6.08 Å². The van der Waals surface area contributed by atoms with Crippen molar-refractivity contribution in [1.29, 1.82) is 0 Å². The first-order valence-corrected chi connectivity index (χ1v) is 3.66. The number of hydrogen-bond donors (Lipinski definition) is 2. The van der Waals surface area contributed by atoms with Gasteiger partial charge in [0.25, 0.3) is 0 Å². The van der Waals surface area contributed by atoms with Gasteiger partial charge in [-0.2, -0.15) is 0 Å². The average Bonchev–Trinajstić information content (AvgIpc) is 2.01. The number of halogens is 2. The molecular weight excluding hydrogens is 192 g/mol. The van der Waals surface area contributed by atoms with E-state index in [0.29, 0.717) is 0 Å². The molecule has 1 rings (SSSR count). The second-order valence-electron chi connectivity index (χ2n) is 2.49. The maximum Gasteiger partial charge on any atom is 0.409 e. The minimum absolute atomic E-state index is 0.155. The Morgan fingerprint density at radius 2 is 1.93 bits per heavy atom. The number of hydrogen-bond acceptors (Lipinski definition) is 1. The Morgan fingerprint density at radius 1 is 1.43 bits per heavy atom. The first-order valence-electron chi connectivity index (χ1n) is 3.66. The Morgan fingerprint density at radius 3 is 2.29 bits per heavy atom. The largest absolute Gasteiger partial charge is 0.465 e. The number of benzene rings is 1. The van der Waals surface area contributed by atoms with Crippen molar-refractivity contribution in [2.24, 2.45) is 0 Å². The molecule has 0 bridgehead atoms. The first-order chi connectivity index (χ1) is 6.54. The summed E-state index contributed by atoms with van der Waals surface area (Å²) in [5.41, 5.74) is -0.431. The molecule has 14 heavy (non-hydrogen) atoms. The van der Waals surface area contributed by atoms with E-state index in [9.17, 15) is 13.6 Å². The summed E-state index contributed by atoms with van der Waals surface area (Å²) in [4.78, 5) is 10.2. The molecule has 1 aromatic carbocycles. The molecular formula is C9H7F2NO2. The highest BCUT2D eigenvalue weighted by Gasteiger charge is 2.09. The fraction of sp³-hybridized carbons (Fsp3) is 0. The lowest BCUT2D eigenvalue weighted by Gasteiger charge is -2.04. The number of amides is 1. The van der Waals surface area contributed by atoms with Crippen LogP contribution in [0.2, 0.25) is 0 Å². The van der Waals surface area contributed by atoms with Crippen molar-refractivity contribution in [1.82, 2.24) is 0 Å². The Hall–Kier alpha value is -1.91. The molecule has 0 heterocycles.